The Balaban J connectivity index is 1.60. The van der Waals surface area contributed by atoms with Gasteiger partial charge in [-0.25, -0.2) is 0 Å². The lowest BCUT2D eigenvalue weighted by Gasteiger charge is -2.25. The first-order valence-electron chi connectivity index (χ1n) is 7.24. The molecule has 3 rings (SSSR count). The van der Waals surface area contributed by atoms with Gasteiger partial charge in [-0.3, -0.25) is 0 Å². The molecule has 2 aliphatic rings. The number of rotatable bonds is 3. The van der Waals surface area contributed by atoms with Crippen molar-refractivity contribution >= 4 is 22.9 Å². The maximum atomic E-state index is 6.15. The third kappa shape index (κ3) is 2.76. The minimum absolute atomic E-state index is 0.563. The van der Waals surface area contributed by atoms with E-state index in [0.29, 0.717) is 6.04 Å². The van der Waals surface area contributed by atoms with E-state index in [9.17, 15) is 0 Å². The van der Waals surface area contributed by atoms with Crippen LogP contribution in [0.2, 0.25) is 4.34 Å². The van der Waals surface area contributed by atoms with Crippen molar-refractivity contribution in [2.45, 2.75) is 51.5 Å². The van der Waals surface area contributed by atoms with Crippen LogP contribution >= 0.6 is 22.9 Å². The van der Waals surface area contributed by atoms with E-state index in [-0.39, 0.29) is 0 Å². The number of aryl methyl sites for hydroxylation is 1. The summed E-state index contributed by atoms with van der Waals surface area (Å²) in [4.78, 5) is 1.52. The van der Waals surface area contributed by atoms with E-state index in [1.807, 2.05) is 0 Å². The summed E-state index contributed by atoms with van der Waals surface area (Å²) in [5.74, 6) is 1.84. The number of thiophene rings is 1. The molecule has 1 heterocycles. The second-order valence-electron chi connectivity index (χ2n) is 6.07. The number of nitrogens with one attached hydrogen (secondary N) is 1. The normalized spacial score (nSPS) is 31.6. The summed E-state index contributed by atoms with van der Waals surface area (Å²) in [6.45, 7) is 3.58. The predicted octanol–water partition coefficient (Wildman–Crippen LogP) is 4.80. The molecule has 1 nitrogen and oxygen atoms in total. The molecule has 0 aliphatic heterocycles. The van der Waals surface area contributed by atoms with Gasteiger partial charge in [0.05, 0.1) is 4.34 Å². The Morgan fingerprint density at radius 3 is 3.06 bits per heavy atom. The minimum atomic E-state index is 0.563. The maximum absolute atomic E-state index is 6.15. The van der Waals surface area contributed by atoms with Crippen molar-refractivity contribution in [1.82, 2.24) is 5.32 Å². The van der Waals surface area contributed by atoms with Gasteiger partial charge in [0.15, 0.2) is 0 Å². The molecule has 1 aromatic rings. The molecule has 1 aromatic heterocycles. The van der Waals surface area contributed by atoms with Gasteiger partial charge in [0.1, 0.15) is 0 Å². The van der Waals surface area contributed by atoms with Crippen molar-refractivity contribution in [2.75, 3.05) is 6.54 Å². The lowest BCUT2D eigenvalue weighted by atomic mass is 9.93. The first-order chi connectivity index (χ1) is 8.72. The molecule has 0 spiro atoms. The fraction of sp³-hybridized carbons (Fsp3) is 0.733. The average Bonchev–Trinajstić information content (AvgIpc) is 2.91. The van der Waals surface area contributed by atoms with Gasteiger partial charge in [-0.2, -0.15) is 0 Å². The molecule has 0 amide bonds. The molecule has 0 saturated heterocycles. The van der Waals surface area contributed by atoms with Crippen LogP contribution in [0.5, 0.6) is 0 Å². The van der Waals surface area contributed by atoms with Gasteiger partial charge < -0.3 is 5.32 Å². The van der Waals surface area contributed by atoms with Gasteiger partial charge in [-0.05, 0) is 62.1 Å². The summed E-state index contributed by atoms with van der Waals surface area (Å²) in [6, 6.07) is 2.75. The van der Waals surface area contributed by atoms with Gasteiger partial charge in [0.2, 0.25) is 0 Å². The van der Waals surface area contributed by atoms with Crippen LogP contribution in [-0.2, 0) is 6.42 Å². The van der Waals surface area contributed by atoms with Crippen molar-refractivity contribution in [1.29, 1.82) is 0 Å². The van der Waals surface area contributed by atoms with E-state index >= 15 is 0 Å². The highest BCUT2D eigenvalue weighted by Crippen LogP contribution is 2.38. The summed E-state index contributed by atoms with van der Waals surface area (Å²) in [5.41, 5.74) is 1.49. The molecule has 100 valence electrons. The van der Waals surface area contributed by atoms with E-state index < -0.39 is 0 Å². The van der Waals surface area contributed by atoms with Crippen LogP contribution in [0, 0.1) is 11.8 Å². The standard InChI is InChI=1S/C15H22ClNS/c1-10-5-6-11(7-10)9-17-13-3-2-4-14-12(13)8-15(16)18-14/h8,10-11,13,17H,2-7,9H2,1H3. The summed E-state index contributed by atoms with van der Waals surface area (Å²) in [6.07, 6.45) is 8.07. The Bertz CT molecular complexity index is 415. The van der Waals surface area contributed by atoms with Crippen LogP contribution in [0.3, 0.4) is 0 Å². The molecule has 3 unspecified atom stereocenters. The first-order valence-corrected chi connectivity index (χ1v) is 8.43. The average molecular weight is 284 g/mol. The van der Waals surface area contributed by atoms with Gasteiger partial charge >= 0.3 is 0 Å². The Morgan fingerprint density at radius 2 is 2.28 bits per heavy atom. The first kappa shape index (κ1) is 13.0. The summed E-state index contributed by atoms with van der Waals surface area (Å²) < 4.78 is 0.961. The van der Waals surface area contributed by atoms with E-state index in [0.717, 1.165) is 16.2 Å². The third-order valence-corrected chi connectivity index (χ3v) is 5.88. The summed E-state index contributed by atoms with van der Waals surface area (Å²) >= 11 is 7.93. The largest absolute Gasteiger partial charge is 0.310 e. The van der Waals surface area contributed by atoms with Gasteiger partial charge in [-0.15, -0.1) is 11.3 Å². The fourth-order valence-corrected chi connectivity index (χ4v) is 4.94. The number of hydrogen-bond donors (Lipinski definition) is 1. The van der Waals surface area contributed by atoms with Crippen molar-refractivity contribution in [3.63, 3.8) is 0 Å². The van der Waals surface area contributed by atoms with Crippen LogP contribution in [0.4, 0.5) is 0 Å². The molecule has 3 heteroatoms. The lowest BCUT2D eigenvalue weighted by Crippen LogP contribution is -2.28. The van der Waals surface area contributed by atoms with Crippen LogP contribution in [0.25, 0.3) is 0 Å². The molecule has 1 N–H and O–H groups in total. The van der Waals surface area contributed by atoms with Crippen LogP contribution < -0.4 is 5.32 Å². The SMILES string of the molecule is CC1CCC(CNC2CCCc3sc(Cl)cc32)C1. The zero-order chi connectivity index (χ0) is 12.5. The smallest absolute Gasteiger partial charge is 0.0934 e. The van der Waals surface area contributed by atoms with Gasteiger partial charge in [0.25, 0.3) is 0 Å². The van der Waals surface area contributed by atoms with E-state index in [1.54, 1.807) is 11.3 Å². The van der Waals surface area contributed by atoms with E-state index in [4.69, 9.17) is 11.6 Å². The number of hydrogen-bond acceptors (Lipinski definition) is 2. The maximum Gasteiger partial charge on any atom is 0.0934 e. The quantitative estimate of drug-likeness (QED) is 0.840. The highest BCUT2D eigenvalue weighted by Gasteiger charge is 2.25. The van der Waals surface area contributed by atoms with Crippen molar-refractivity contribution in [3.8, 4) is 0 Å². The molecule has 18 heavy (non-hydrogen) atoms. The third-order valence-electron chi connectivity index (χ3n) is 4.54. The highest BCUT2D eigenvalue weighted by molar-refractivity contribution is 7.16. The predicted molar refractivity (Wildman–Crippen MR) is 79.5 cm³/mol. The van der Waals surface area contributed by atoms with E-state index in [1.165, 1.54) is 55.5 Å². The second-order valence-corrected chi connectivity index (χ2v) is 7.83. The molecule has 1 fully saturated rings. The van der Waals surface area contributed by atoms with Gasteiger partial charge in [-0.1, -0.05) is 24.9 Å². The summed E-state index contributed by atoms with van der Waals surface area (Å²) in [7, 11) is 0. The van der Waals surface area contributed by atoms with Crippen molar-refractivity contribution in [3.05, 3.63) is 20.8 Å². The molecule has 0 bridgehead atoms. The van der Waals surface area contributed by atoms with E-state index in [2.05, 4.69) is 18.3 Å². The summed E-state index contributed by atoms with van der Waals surface area (Å²) in [5, 5.41) is 3.80. The molecular formula is C15H22ClNS. The molecule has 1 saturated carbocycles. The Labute approximate surface area is 119 Å². The molecule has 2 aliphatic carbocycles. The highest BCUT2D eigenvalue weighted by atomic mass is 35.5. The Kier molecular flexibility index (Phi) is 3.97. The molecule has 0 radical (unpaired) electrons. The molecule has 0 aromatic carbocycles. The number of halogens is 1. The number of fused-ring (bicyclic) bond motifs is 1. The van der Waals surface area contributed by atoms with Gasteiger partial charge in [0, 0.05) is 10.9 Å². The van der Waals surface area contributed by atoms with Crippen molar-refractivity contribution in [2.24, 2.45) is 11.8 Å². The zero-order valence-corrected chi connectivity index (χ0v) is 12.6. The Morgan fingerprint density at radius 1 is 1.39 bits per heavy atom. The van der Waals surface area contributed by atoms with Crippen LogP contribution in [0.15, 0.2) is 6.07 Å². The minimum Gasteiger partial charge on any atom is -0.310 e. The monoisotopic (exact) mass is 283 g/mol. The topological polar surface area (TPSA) is 12.0 Å². The zero-order valence-electron chi connectivity index (χ0n) is 11.0. The molecule has 3 atom stereocenters. The van der Waals surface area contributed by atoms with Crippen LogP contribution in [-0.4, -0.2) is 6.54 Å². The van der Waals surface area contributed by atoms with Crippen LogP contribution in [0.1, 0.15) is 55.5 Å². The lowest BCUT2D eigenvalue weighted by molar-refractivity contribution is 0.399. The Hall–Kier alpha value is -0.0500. The second kappa shape index (κ2) is 5.52. The van der Waals surface area contributed by atoms with Crippen molar-refractivity contribution < 1.29 is 0 Å². The molecular weight excluding hydrogens is 262 g/mol. The fourth-order valence-electron chi connectivity index (χ4n) is 3.55.